The molecule has 1 saturated carbocycles. The predicted octanol–water partition coefficient (Wildman–Crippen LogP) is 2.08. The molecule has 0 amide bonds. The summed E-state index contributed by atoms with van der Waals surface area (Å²) in [5.41, 5.74) is 6.49. The maximum atomic E-state index is 12.2. The molecule has 1 fully saturated rings. The molecule has 1 aromatic rings. The van der Waals surface area contributed by atoms with Crippen LogP contribution in [0.2, 0.25) is 0 Å². The molecule has 0 radical (unpaired) electrons. The van der Waals surface area contributed by atoms with Gasteiger partial charge in [0.2, 0.25) is 0 Å². The summed E-state index contributed by atoms with van der Waals surface area (Å²) in [7, 11) is -3.19. The van der Waals surface area contributed by atoms with Gasteiger partial charge in [0.1, 0.15) is 0 Å². The van der Waals surface area contributed by atoms with Crippen molar-refractivity contribution in [2.24, 2.45) is 5.73 Å². The van der Waals surface area contributed by atoms with E-state index in [0.717, 1.165) is 10.0 Å². The monoisotopic (exact) mass is 361 g/mol. The minimum atomic E-state index is -3.19. The number of halogens is 1. The van der Waals surface area contributed by atoms with E-state index >= 15 is 0 Å². The molecule has 1 aliphatic rings. The zero-order valence-electron chi connectivity index (χ0n) is 11.7. The molecule has 4 nitrogen and oxygen atoms in total. The van der Waals surface area contributed by atoms with Crippen LogP contribution in [0.15, 0.2) is 28.7 Å². The number of sulfone groups is 1. The van der Waals surface area contributed by atoms with Gasteiger partial charge in [-0.2, -0.15) is 0 Å². The van der Waals surface area contributed by atoms with E-state index in [1.807, 2.05) is 31.2 Å². The molecule has 20 heavy (non-hydrogen) atoms. The van der Waals surface area contributed by atoms with E-state index in [1.54, 1.807) is 6.92 Å². The lowest BCUT2D eigenvalue weighted by Crippen LogP contribution is -2.36. The van der Waals surface area contributed by atoms with E-state index in [1.165, 1.54) is 0 Å². The van der Waals surface area contributed by atoms with Crippen molar-refractivity contribution < 1.29 is 13.2 Å². The molecule has 0 saturated heterocycles. The minimum Gasteiger partial charge on any atom is -0.380 e. The lowest BCUT2D eigenvalue weighted by Gasteiger charge is -2.12. The van der Waals surface area contributed by atoms with Crippen LogP contribution in [-0.4, -0.2) is 38.2 Å². The second kappa shape index (κ2) is 5.75. The summed E-state index contributed by atoms with van der Waals surface area (Å²) in [5, 5.41) is -0.548. The van der Waals surface area contributed by atoms with Crippen molar-refractivity contribution in [3.8, 4) is 0 Å². The first-order valence-corrected chi connectivity index (χ1v) is 9.21. The van der Waals surface area contributed by atoms with Crippen LogP contribution < -0.4 is 5.73 Å². The van der Waals surface area contributed by atoms with Gasteiger partial charge in [-0.05, 0) is 24.6 Å². The van der Waals surface area contributed by atoms with Gasteiger partial charge in [0.05, 0.1) is 17.4 Å². The van der Waals surface area contributed by atoms with Crippen molar-refractivity contribution >= 4 is 25.8 Å². The Labute approximate surface area is 128 Å². The van der Waals surface area contributed by atoms with Crippen LogP contribution in [0.3, 0.4) is 0 Å². The van der Waals surface area contributed by atoms with E-state index in [4.69, 9.17) is 10.5 Å². The fourth-order valence-corrected chi connectivity index (χ4v) is 5.00. The Morgan fingerprint density at radius 2 is 1.90 bits per heavy atom. The van der Waals surface area contributed by atoms with Crippen LogP contribution >= 0.6 is 15.9 Å². The normalized spacial score (nSPS) is 29.4. The van der Waals surface area contributed by atoms with E-state index in [0.29, 0.717) is 6.61 Å². The van der Waals surface area contributed by atoms with Crippen LogP contribution in [0.25, 0.3) is 0 Å². The fraction of sp³-hybridized carbons (Fsp3) is 0.571. The Morgan fingerprint density at radius 1 is 1.30 bits per heavy atom. The van der Waals surface area contributed by atoms with Gasteiger partial charge in [0.25, 0.3) is 0 Å². The second-order valence-corrected chi connectivity index (χ2v) is 8.48. The third-order valence-corrected chi connectivity index (χ3v) is 6.70. The molecule has 3 atom stereocenters. The zero-order chi connectivity index (χ0) is 15.0. The average Bonchev–Trinajstić information content (AvgIpc) is 3.05. The largest absolute Gasteiger partial charge is 0.380 e. The zero-order valence-corrected chi connectivity index (χ0v) is 14.1. The smallest absolute Gasteiger partial charge is 0.155 e. The summed E-state index contributed by atoms with van der Waals surface area (Å²) < 4.78 is 30.9. The summed E-state index contributed by atoms with van der Waals surface area (Å²) >= 11 is 3.38. The molecule has 0 aliphatic heterocycles. The van der Waals surface area contributed by atoms with Gasteiger partial charge in [-0.15, -0.1) is 0 Å². The molecule has 2 rings (SSSR count). The number of nitrogens with two attached hydrogens (primary N) is 1. The summed E-state index contributed by atoms with van der Waals surface area (Å²) in [6.07, 6.45) is 0. The van der Waals surface area contributed by atoms with Crippen molar-refractivity contribution in [1.29, 1.82) is 0 Å². The van der Waals surface area contributed by atoms with Gasteiger partial charge in [-0.1, -0.05) is 35.0 Å². The molecule has 0 spiro atoms. The lowest BCUT2D eigenvalue weighted by atomic mass is 10.1. The SMILES string of the molecule is CCOC[C@@]1(N)[C@@H](c2ccc(Br)cc2)[C@@H]1S(=O)(=O)CC. The molecule has 6 heteroatoms. The molecular weight excluding hydrogens is 342 g/mol. The molecule has 1 aliphatic carbocycles. The van der Waals surface area contributed by atoms with Crippen LogP contribution in [0, 0.1) is 0 Å². The Hall–Kier alpha value is -0.430. The van der Waals surface area contributed by atoms with E-state index in [2.05, 4.69) is 15.9 Å². The molecular formula is C14H20BrNO3S. The van der Waals surface area contributed by atoms with Gasteiger partial charge in [-0.3, -0.25) is 0 Å². The highest BCUT2D eigenvalue weighted by Gasteiger charge is 2.68. The number of benzene rings is 1. The minimum absolute atomic E-state index is 0.107. The number of hydrogen-bond acceptors (Lipinski definition) is 4. The van der Waals surface area contributed by atoms with E-state index in [-0.39, 0.29) is 18.3 Å². The van der Waals surface area contributed by atoms with Crippen molar-refractivity contribution in [1.82, 2.24) is 0 Å². The molecule has 0 aromatic heterocycles. The molecule has 0 heterocycles. The molecule has 1 aromatic carbocycles. The first-order chi connectivity index (χ1) is 9.36. The van der Waals surface area contributed by atoms with Gasteiger partial charge >= 0.3 is 0 Å². The topological polar surface area (TPSA) is 69.4 Å². The van der Waals surface area contributed by atoms with Crippen molar-refractivity contribution in [2.45, 2.75) is 30.6 Å². The lowest BCUT2D eigenvalue weighted by molar-refractivity contribution is 0.125. The average molecular weight is 362 g/mol. The first kappa shape index (κ1) is 15.9. The molecule has 0 unspecified atom stereocenters. The quantitative estimate of drug-likeness (QED) is 0.841. The highest BCUT2D eigenvalue weighted by atomic mass is 79.9. The Kier molecular flexibility index (Phi) is 4.59. The summed E-state index contributed by atoms with van der Waals surface area (Å²) in [4.78, 5) is 0. The van der Waals surface area contributed by atoms with Crippen LogP contribution in [-0.2, 0) is 14.6 Å². The molecule has 112 valence electrons. The Balaban J connectivity index is 2.32. The van der Waals surface area contributed by atoms with E-state index in [9.17, 15) is 8.42 Å². The van der Waals surface area contributed by atoms with Gasteiger partial charge in [0, 0.05) is 22.8 Å². The first-order valence-electron chi connectivity index (χ1n) is 6.70. The van der Waals surface area contributed by atoms with E-state index < -0.39 is 20.6 Å². The van der Waals surface area contributed by atoms with Gasteiger partial charge in [-0.25, -0.2) is 8.42 Å². The summed E-state index contributed by atoms with van der Waals surface area (Å²) in [5.74, 6) is -0.0810. The number of rotatable bonds is 6. The molecule has 0 bridgehead atoms. The number of hydrogen-bond donors (Lipinski definition) is 1. The van der Waals surface area contributed by atoms with Gasteiger partial charge < -0.3 is 10.5 Å². The highest BCUT2D eigenvalue weighted by Crippen LogP contribution is 2.54. The maximum Gasteiger partial charge on any atom is 0.155 e. The second-order valence-electron chi connectivity index (χ2n) is 5.15. The summed E-state index contributed by atoms with van der Waals surface area (Å²) in [6.45, 7) is 4.34. The standard InChI is InChI=1S/C14H20BrNO3S/c1-3-19-9-14(16)12(13(14)20(17,18)4-2)10-5-7-11(15)8-6-10/h5-8,12-13H,3-4,9,16H2,1-2H3/t12-,13-,14+/m0/s1. The number of ether oxygens (including phenoxy) is 1. The third kappa shape index (κ3) is 2.79. The van der Waals surface area contributed by atoms with Gasteiger partial charge in [0.15, 0.2) is 9.84 Å². The van der Waals surface area contributed by atoms with Crippen LogP contribution in [0.5, 0.6) is 0 Å². The third-order valence-electron chi connectivity index (χ3n) is 3.88. The summed E-state index contributed by atoms with van der Waals surface area (Å²) in [6, 6.07) is 7.66. The van der Waals surface area contributed by atoms with Crippen molar-refractivity contribution in [3.63, 3.8) is 0 Å². The Bertz CT molecular complexity index is 573. The predicted molar refractivity (Wildman–Crippen MR) is 83.5 cm³/mol. The highest BCUT2D eigenvalue weighted by molar-refractivity contribution is 9.10. The van der Waals surface area contributed by atoms with Crippen molar-refractivity contribution in [2.75, 3.05) is 19.0 Å². The fourth-order valence-electron chi connectivity index (χ4n) is 2.75. The van der Waals surface area contributed by atoms with Crippen LogP contribution in [0.1, 0.15) is 25.3 Å². The molecule has 2 N–H and O–H groups in total. The maximum absolute atomic E-state index is 12.2. The Morgan fingerprint density at radius 3 is 2.40 bits per heavy atom. The van der Waals surface area contributed by atoms with Crippen molar-refractivity contribution in [3.05, 3.63) is 34.3 Å². The van der Waals surface area contributed by atoms with Crippen LogP contribution in [0.4, 0.5) is 0 Å².